The predicted molar refractivity (Wildman–Crippen MR) is 73.7 cm³/mol. The molecule has 2 aliphatic rings. The summed E-state index contributed by atoms with van der Waals surface area (Å²) in [4.78, 5) is 14.2. The van der Waals surface area contributed by atoms with E-state index in [1.165, 1.54) is 25.7 Å². The van der Waals surface area contributed by atoms with Gasteiger partial charge in [-0.2, -0.15) is 0 Å². The molecule has 0 radical (unpaired) electrons. The molecular weight excluding hydrogens is 226 g/mol. The van der Waals surface area contributed by atoms with Crippen LogP contribution in [0.25, 0.3) is 0 Å². The first kappa shape index (κ1) is 13.7. The Balaban J connectivity index is 1.79. The van der Waals surface area contributed by atoms with Gasteiger partial charge in [0.05, 0.1) is 0 Å². The number of carbonyl (C=O) groups is 1. The zero-order chi connectivity index (χ0) is 12.8. The number of hydrogen-bond donors (Lipinski definition) is 2. The summed E-state index contributed by atoms with van der Waals surface area (Å²) >= 11 is 0. The van der Waals surface area contributed by atoms with Gasteiger partial charge in [0.15, 0.2) is 0 Å². The average Bonchev–Trinajstić information content (AvgIpc) is 2.34. The highest BCUT2D eigenvalue weighted by molar-refractivity contribution is 5.74. The van der Waals surface area contributed by atoms with Gasteiger partial charge < -0.3 is 15.5 Å². The molecule has 18 heavy (non-hydrogen) atoms. The summed E-state index contributed by atoms with van der Waals surface area (Å²) in [6.07, 6.45) is 8.39. The maximum atomic E-state index is 12.2. The monoisotopic (exact) mass is 253 g/mol. The topological polar surface area (TPSA) is 44.4 Å². The molecule has 0 bridgehead atoms. The number of urea groups is 1. The van der Waals surface area contributed by atoms with Crippen molar-refractivity contribution in [1.29, 1.82) is 0 Å². The highest BCUT2D eigenvalue weighted by atomic mass is 16.2. The summed E-state index contributed by atoms with van der Waals surface area (Å²) in [5.41, 5.74) is 0. The van der Waals surface area contributed by atoms with E-state index >= 15 is 0 Å². The highest BCUT2D eigenvalue weighted by Crippen LogP contribution is 2.18. The van der Waals surface area contributed by atoms with E-state index in [4.69, 9.17) is 0 Å². The first-order valence-corrected chi connectivity index (χ1v) is 7.58. The fourth-order valence-corrected chi connectivity index (χ4v) is 2.71. The van der Waals surface area contributed by atoms with Crippen molar-refractivity contribution >= 4 is 6.03 Å². The Morgan fingerprint density at radius 1 is 1.28 bits per heavy atom. The minimum atomic E-state index is 0.147. The molecule has 0 spiro atoms. The van der Waals surface area contributed by atoms with Crippen molar-refractivity contribution in [3.05, 3.63) is 0 Å². The third kappa shape index (κ3) is 3.87. The van der Waals surface area contributed by atoms with Crippen LogP contribution in [0.2, 0.25) is 0 Å². The first-order valence-electron chi connectivity index (χ1n) is 7.58. The second kappa shape index (κ2) is 6.98. The van der Waals surface area contributed by atoms with Crippen LogP contribution >= 0.6 is 0 Å². The quantitative estimate of drug-likeness (QED) is 0.788. The molecule has 104 valence electrons. The van der Waals surface area contributed by atoms with E-state index in [0.29, 0.717) is 12.1 Å². The Labute approximate surface area is 110 Å². The van der Waals surface area contributed by atoms with E-state index in [1.54, 1.807) is 0 Å². The molecule has 0 aromatic carbocycles. The third-order valence-electron chi connectivity index (χ3n) is 4.07. The van der Waals surface area contributed by atoms with Crippen molar-refractivity contribution in [2.45, 2.75) is 64.0 Å². The van der Waals surface area contributed by atoms with Gasteiger partial charge in [-0.15, -0.1) is 0 Å². The summed E-state index contributed by atoms with van der Waals surface area (Å²) in [7, 11) is 0. The predicted octanol–water partition coefficient (Wildman–Crippen LogP) is 2.10. The number of nitrogens with one attached hydrogen (secondary N) is 2. The number of nitrogens with zero attached hydrogens (tertiary/aromatic N) is 1. The van der Waals surface area contributed by atoms with Gasteiger partial charge in [-0.1, -0.05) is 13.3 Å². The largest absolute Gasteiger partial charge is 0.335 e. The number of amides is 2. The van der Waals surface area contributed by atoms with Gasteiger partial charge in [0.25, 0.3) is 0 Å². The minimum absolute atomic E-state index is 0.147. The SMILES string of the molecule is CCCN(CC1CCCCN1)C(=O)NC1CCC1. The van der Waals surface area contributed by atoms with E-state index in [9.17, 15) is 4.79 Å². The Morgan fingerprint density at radius 2 is 2.11 bits per heavy atom. The molecular formula is C14H27N3O. The van der Waals surface area contributed by atoms with Crippen molar-refractivity contribution in [2.24, 2.45) is 0 Å². The molecule has 1 aliphatic carbocycles. The summed E-state index contributed by atoms with van der Waals surface area (Å²) in [6.45, 7) is 4.98. The van der Waals surface area contributed by atoms with E-state index in [-0.39, 0.29) is 6.03 Å². The highest BCUT2D eigenvalue weighted by Gasteiger charge is 2.24. The molecule has 2 rings (SSSR count). The molecule has 1 heterocycles. The van der Waals surface area contributed by atoms with Crippen LogP contribution in [-0.2, 0) is 0 Å². The molecule has 1 unspecified atom stereocenters. The molecule has 1 saturated heterocycles. The van der Waals surface area contributed by atoms with E-state index in [2.05, 4.69) is 17.6 Å². The molecule has 2 amide bonds. The summed E-state index contributed by atoms with van der Waals surface area (Å²) < 4.78 is 0. The van der Waals surface area contributed by atoms with Gasteiger partial charge in [0.2, 0.25) is 0 Å². The van der Waals surface area contributed by atoms with E-state index < -0.39 is 0 Å². The Hall–Kier alpha value is -0.770. The van der Waals surface area contributed by atoms with Crippen LogP contribution in [0.3, 0.4) is 0 Å². The lowest BCUT2D eigenvalue weighted by atomic mass is 9.93. The van der Waals surface area contributed by atoms with Crippen LogP contribution in [-0.4, -0.2) is 42.6 Å². The molecule has 2 N–H and O–H groups in total. The molecule has 1 aliphatic heterocycles. The molecule has 0 aromatic heterocycles. The van der Waals surface area contributed by atoms with Crippen molar-refractivity contribution in [2.75, 3.05) is 19.6 Å². The van der Waals surface area contributed by atoms with Gasteiger partial charge in [-0.25, -0.2) is 4.79 Å². The fourth-order valence-electron chi connectivity index (χ4n) is 2.71. The fraction of sp³-hybridized carbons (Fsp3) is 0.929. The molecule has 4 heteroatoms. The van der Waals surface area contributed by atoms with Crippen LogP contribution in [0.1, 0.15) is 51.9 Å². The summed E-state index contributed by atoms with van der Waals surface area (Å²) in [6, 6.07) is 1.09. The molecule has 1 atom stereocenters. The maximum Gasteiger partial charge on any atom is 0.317 e. The summed E-state index contributed by atoms with van der Waals surface area (Å²) in [5.74, 6) is 0. The van der Waals surface area contributed by atoms with Crippen LogP contribution < -0.4 is 10.6 Å². The van der Waals surface area contributed by atoms with Crippen LogP contribution in [0.15, 0.2) is 0 Å². The standard InChI is InChI=1S/C14H27N3O/c1-2-10-17(11-13-6-3-4-9-15-13)14(18)16-12-7-5-8-12/h12-13,15H,2-11H2,1H3,(H,16,18). The minimum Gasteiger partial charge on any atom is -0.335 e. The Kier molecular flexibility index (Phi) is 5.29. The van der Waals surface area contributed by atoms with Crippen molar-refractivity contribution in [3.63, 3.8) is 0 Å². The number of rotatable bonds is 5. The normalized spacial score (nSPS) is 24.4. The smallest absolute Gasteiger partial charge is 0.317 e. The Morgan fingerprint density at radius 3 is 2.67 bits per heavy atom. The second-order valence-electron chi connectivity index (χ2n) is 5.67. The van der Waals surface area contributed by atoms with Crippen molar-refractivity contribution in [1.82, 2.24) is 15.5 Å². The zero-order valence-electron chi connectivity index (χ0n) is 11.6. The first-order chi connectivity index (χ1) is 8.79. The third-order valence-corrected chi connectivity index (χ3v) is 4.07. The van der Waals surface area contributed by atoms with E-state index in [1.807, 2.05) is 4.90 Å². The second-order valence-corrected chi connectivity index (χ2v) is 5.67. The van der Waals surface area contributed by atoms with Crippen molar-refractivity contribution in [3.8, 4) is 0 Å². The number of carbonyl (C=O) groups excluding carboxylic acids is 1. The lowest BCUT2D eigenvalue weighted by molar-refractivity contribution is 0.176. The molecule has 0 aromatic rings. The lowest BCUT2D eigenvalue weighted by Crippen LogP contribution is -2.52. The van der Waals surface area contributed by atoms with Crippen LogP contribution in [0.4, 0.5) is 4.79 Å². The molecule has 2 fully saturated rings. The van der Waals surface area contributed by atoms with Gasteiger partial charge in [0.1, 0.15) is 0 Å². The maximum absolute atomic E-state index is 12.2. The van der Waals surface area contributed by atoms with Crippen LogP contribution in [0, 0.1) is 0 Å². The number of piperidine rings is 1. The van der Waals surface area contributed by atoms with Gasteiger partial charge in [-0.3, -0.25) is 0 Å². The molecule has 1 saturated carbocycles. The van der Waals surface area contributed by atoms with Gasteiger partial charge >= 0.3 is 6.03 Å². The average molecular weight is 253 g/mol. The Bertz CT molecular complexity index is 260. The summed E-state index contributed by atoms with van der Waals surface area (Å²) in [5, 5.41) is 6.67. The van der Waals surface area contributed by atoms with Gasteiger partial charge in [-0.05, 0) is 45.1 Å². The number of hydrogen-bond acceptors (Lipinski definition) is 2. The zero-order valence-corrected chi connectivity index (χ0v) is 11.6. The van der Waals surface area contributed by atoms with Crippen molar-refractivity contribution < 1.29 is 4.79 Å². The van der Waals surface area contributed by atoms with E-state index in [0.717, 1.165) is 38.9 Å². The van der Waals surface area contributed by atoms with Crippen LogP contribution in [0.5, 0.6) is 0 Å². The van der Waals surface area contributed by atoms with Gasteiger partial charge in [0, 0.05) is 25.2 Å². The molecule has 4 nitrogen and oxygen atoms in total. The lowest BCUT2D eigenvalue weighted by Gasteiger charge is -2.33.